The molecular weight excluding hydrogens is 494 g/mol. The molecule has 8 heteroatoms. The Morgan fingerprint density at radius 3 is 2.53 bits per heavy atom. The van der Waals surface area contributed by atoms with E-state index in [1.54, 1.807) is 18.5 Å². The van der Waals surface area contributed by atoms with Crippen LogP contribution in [0, 0.1) is 5.82 Å². The number of rotatable bonds is 9. The van der Waals surface area contributed by atoms with Crippen LogP contribution in [-0.2, 0) is 25.9 Å². The predicted molar refractivity (Wildman–Crippen MR) is 129 cm³/mol. The SMILES string of the molecule is CCc1nncn1CCNC(=NCc1ccccc1F)NCCc1ccccc1.I. The van der Waals surface area contributed by atoms with Gasteiger partial charge >= 0.3 is 0 Å². The molecule has 0 saturated carbocycles. The van der Waals surface area contributed by atoms with E-state index >= 15 is 0 Å². The van der Waals surface area contributed by atoms with Crippen LogP contribution in [0.5, 0.6) is 0 Å². The summed E-state index contributed by atoms with van der Waals surface area (Å²) in [6, 6.07) is 17.0. The maximum absolute atomic E-state index is 13.9. The van der Waals surface area contributed by atoms with Crippen molar-refractivity contribution in [2.45, 2.75) is 32.9 Å². The van der Waals surface area contributed by atoms with Crippen LogP contribution in [0.3, 0.4) is 0 Å². The van der Waals surface area contributed by atoms with Crippen molar-refractivity contribution in [2.24, 2.45) is 4.99 Å². The van der Waals surface area contributed by atoms with E-state index in [0.29, 0.717) is 18.1 Å². The number of aryl methyl sites for hydroxylation is 1. The van der Waals surface area contributed by atoms with Crippen molar-refractivity contribution in [3.05, 3.63) is 83.7 Å². The van der Waals surface area contributed by atoms with Gasteiger partial charge in [0, 0.05) is 31.6 Å². The maximum atomic E-state index is 13.9. The first kappa shape index (κ1) is 23.8. The minimum absolute atomic E-state index is 0. The van der Waals surface area contributed by atoms with Gasteiger partial charge in [-0.2, -0.15) is 0 Å². The molecule has 0 aliphatic carbocycles. The molecule has 0 saturated heterocycles. The van der Waals surface area contributed by atoms with Crippen molar-refractivity contribution >= 4 is 29.9 Å². The second-order valence-electron chi connectivity index (χ2n) is 6.64. The van der Waals surface area contributed by atoms with Gasteiger partial charge in [0.05, 0.1) is 6.54 Å². The number of halogens is 2. The quantitative estimate of drug-likeness (QED) is 0.256. The van der Waals surface area contributed by atoms with E-state index in [-0.39, 0.29) is 36.3 Å². The number of aliphatic imine (C=N–C) groups is 1. The molecule has 0 atom stereocenters. The van der Waals surface area contributed by atoms with Crippen molar-refractivity contribution in [2.75, 3.05) is 13.1 Å². The largest absolute Gasteiger partial charge is 0.356 e. The molecule has 0 radical (unpaired) electrons. The average Bonchev–Trinajstić information content (AvgIpc) is 3.21. The first-order chi connectivity index (χ1) is 14.3. The first-order valence-electron chi connectivity index (χ1n) is 9.92. The predicted octanol–water partition coefficient (Wildman–Crippen LogP) is 3.58. The van der Waals surface area contributed by atoms with Gasteiger partial charge in [-0.25, -0.2) is 9.38 Å². The summed E-state index contributed by atoms with van der Waals surface area (Å²) in [5, 5.41) is 14.7. The lowest BCUT2D eigenvalue weighted by Gasteiger charge is -2.14. The third kappa shape index (κ3) is 7.40. The maximum Gasteiger partial charge on any atom is 0.191 e. The van der Waals surface area contributed by atoms with E-state index in [9.17, 15) is 4.39 Å². The van der Waals surface area contributed by atoms with Crippen molar-refractivity contribution < 1.29 is 4.39 Å². The Balaban J connectivity index is 0.00000320. The molecule has 3 aromatic rings. The molecule has 6 nitrogen and oxygen atoms in total. The summed E-state index contributed by atoms with van der Waals surface area (Å²) in [5.74, 6) is 1.38. The molecule has 0 amide bonds. The lowest BCUT2D eigenvalue weighted by molar-refractivity contribution is 0.609. The highest BCUT2D eigenvalue weighted by Crippen LogP contribution is 2.07. The van der Waals surface area contributed by atoms with Gasteiger partial charge in [-0.3, -0.25) is 0 Å². The minimum atomic E-state index is -0.239. The molecule has 1 aromatic heterocycles. The standard InChI is InChI=1S/C22H27FN6.HI/c1-2-21-28-27-17-29(21)15-14-25-22(24-13-12-18-8-4-3-5-9-18)26-16-19-10-6-7-11-20(19)23;/h3-11,17H,2,12-16H2,1H3,(H2,24,25,26);1H. The Kier molecular flexibility index (Phi) is 10.3. The Morgan fingerprint density at radius 1 is 1.03 bits per heavy atom. The van der Waals surface area contributed by atoms with Crippen LogP contribution < -0.4 is 10.6 Å². The third-order valence-electron chi connectivity index (χ3n) is 4.57. The molecule has 2 N–H and O–H groups in total. The summed E-state index contributed by atoms with van der Waals surface area (Å²) in [6.07, 6.45) is 3.45. The van der Waals surface area contributed by atoms with E-state index in [2.05, 4.69) is 44.9 Å². The fourth-order valence-electron chi connectivity index (χ4n) is 2.97. The Hall–Kier alpha value is -2.49. The van der Waals surface area contributed by atoms with Crippen LogP contribution in [0.15, 0.2) is 65.9 Å². The van der Waals surface area contributed by atoms with E-state index in [4.69, 9.17) is 0 Å². The van der Waals surface area contributed by atoms with Crippen molar-refractivity contribution in [3.63, 3.8) is 0 Å². The normalized spacial score (nSPS) is 11.1. The van der Waals surface area contributed by atoms with Gasteiger partial charge in [0.2, 0.25) is 0 Å². The van der Waals surface area contributed by atoms with Crippen molar-refractivity contribution in [1.29, 1.82) is 0 Å². The van der Waals surface area contributed by atoms with Gasteiger partial charge < -0.3 is 15.2 Å². The van der Waals surface area contributed by atoms with E-state index in [1.165, 1.54) is 11.6 Å². The molecule has 3 rings (SSSR count). The smallest absolute Gasteiger partial charge is 0.191 e. The van der Waals surface area contributed by atoms with Crippen LogP contribution in [0.4, 0.5) is 4.39 Å². The third-order valence-corrected chi connectivity index (χ3v) is 4.57. The number of benzene rings is 2. The monoisotopic (exact) mass is 522 g/mol. The Bertz CT molecular complexity index is 913. The summed E-state index contributed by atoms with van der Waals surface area (Å²) in [7, 11) is 0. The lowest BCUT2D eigenvalue weighted by Crippen LogP contribution is -2.40. The molecule has 0 unspecified atom stereocenters. The van der Waals surface area contributed by atoms with Gasteiger partial charge in [-0.1, -0.05) is 55.5 Å². The van der Waals surface area contributed by atoms with E-state index in [0.717, 1.165) is 31.8 Å². The summed E-state index contributed by atoms with van der Waals surface area (Å²) in [5.41, 5.74) is 1.83. The molecule has 160 valence electrons. The lowest BCUT2D eigenvalue weighted by atomic mass is 10.1. The molecule has 0 bridgehead atoms. The summed E-state index contributed by atoms with van der Waals surface area (Å²) in [6.45, 7) is 4.47. The number of nitrogens with zero attached hydrogens (tertiary/aromatic N) is 4. The summed E-state index contributed by atoms with van der Waals surface area (Å²) >= 11 is 0. The van der Waals surface area contributed by atoms with Crippen LogP contribution in [-0.4, -0.2) is 33.8 Å². The average molecular weight is 522 g/mol. The second-order valence-corrected chi connectivity index (χ2v) is 6.64. The second kappa shape index (κ2) is 12.9. The van der Waals surface area contributed by atoms with Gasteiger partial charge in [0.15, 0.2) is 5.96 Å². The number of nitrogens with one attached hydrogen (secondary N) is 2. The zero-order valence-electron chi connectivity index (χ0n) is 17.1. The van der Waals surface area contributed by atoms with Gasteiger partial charge in [-0.05, 0) is 18.1 Å². The van der Waals surface area contributed by atoms with Crippen molar-refractivity contribution in [1.82, 2.24) is 25.4 Å². The number of guanidine groups is 1. The first-order valence-corrected chi connectivity index (χ1v) is 9.92. The van der Waals surface area contributed by atoms with Crippen LogP contribution in [0.25, 0.3) is 0 Å². The molecule has 0 aliphatic heterocycles. The number of aromatic nitrogens is 3. The van der Waals surface area contributed by atoms with Crippen LogP contribution in [0.2, 0.25) is 0 Å². The highest BCUT2D eigenvalue weighted by atomic mass is 127. The topological polar surface area (TPSA) is 67.1 Å². The molecule has 0 spiro atoms. The fourth-order valence-corrected chi connectivity index (χ4v) is 2.97. The zero-order valence-corrected chi connectivity index (χ0v) is 19.4. The van der Waals surface area contributed by atoms with E-state index < -0.39 is 0 Å². The summed E-state index contributed by atoms with van der Waals surface area (Å²) < 4.78 is 15.9. The highest BCUT2D eigenvalue weighted by Gasteiger charge is 2.04. The Morgan fingerprint density at radius 2 is 1.77 bits per heavy atom. The molecule has 0 fully saturated rings. The van der Waals surface area contributed by atoms with Crippen LogP contribution >= 0.6 is 24.0 Å². The molecular formula is C22H28FIN6. The number of hydrogen-bond donors (Lipinski definition) is 2. The molecule has 1 heterocycles. The Labute approximate surface area is 194 Å². The number of hydrogen-bond acceptors (Lipinski definition) is 3. The molecule has 0 aliphatic rings. The van der Waals surface area contributed by atoms with E-state index in [1.807, 2.05) is 28.8 Å². The highest BCUT2D eigenvalue weighted by molar-refractivity contribution is 14.0. The minimum Gasteiger partial charge on any atom is -0.356 e. The van der Waals surface area contributed by atoms with Gasteiger partial charge in [0.1, 0.15) is 18.0 Å². The molecule has 30 heavy (non-hydrogen) atoms. The van der Waals surface area contributed by atoms with Gasteiger partial charge in [-0.15, -0.1) is 34.2 Å². The zero-order chi connectivity index (χ0) is 20.3. The fraction of sp³-hybridized carbons (Fsp3) is 0.318. The molecule has 2 aromatic carbocycles. The van der Waals surface area contributed by atoms with Crippen molar-refractivity contribution in [3.8, 4) is 0 Å². The van der Waals surface area contributed by atoms with Crippen LogP contribution in [0.1, 0.15) is 23.9 Å². The van der Waals surface area contributed by atoms with Gasteiger partial charge in [0.25, 0.3) is 0 Å². The summed E-state index contributed by atoms with van der Waals surface area (Å²) in [4.78, 5) is 4.56.